The van der Waals surface area contributed by atoms with Crippen molar-refractivity contribution in [3.63, 3.8) is 0 Å². The minimum Gasteiger partial charge on any atom is -0.488 e. The summed E-state index contributed by atoms with van der Waals surface area (Å²) in [4.78, 5) is 25.4. The monoisotopic (exact) mass is 368 g/mol. The summed E-state index contributed by atoms with van der Waals surface area (Å²) in [6.45, 7) is 9.65. The number of hydrogen-bond donors (Lipinski definition) is 0. The number of ether oxygens (including phenoxy) is 2. The standard InChI is InChI=1S/C22H24O5/c1-6-7-13-10-15(23)26-19-14-8-9-22(4,5)27-20(14)17-18(24)11(2)12(3)25-21(17)16(13)19/h8-12H,6-7H2,1-5H3/t11-,12-/m0/s1. The lowest BCUT2D eigenvalue weighted by molar-refractivity contribution is 0.0715. The van der Waals surface area contributed by atoms with Crippen molar-refractivity contribution < 1.29 is 18.7 Å². The Bertz CT molecular complexity index is 1040. The normalized spacial score (nSPS) is 22.8. The van der Waals surface area contributed by atoms with E-state index in [2.05, 4.69) is 0 Å². The molecule has 4 rings (SSSR count). The van der Waals surface area contributed by atoms with Crippen LogP contribution in [-0.2, 0) is 6.42 Å². The summed E-state index contributed by atoms with van der Waals surface area (Å²) in [7, 11) is 0. The fourth-order valence-electron chi connectivity index (χ4n) is 3.82. The first-order valence-electron chi connectivity index (χ1n) is 9.49. The number of aryl methyl sites for hydroxylation is 1. The molecule has 0 amide bonds. The van der Waals surface area contributed by atoms with Gasteiger partial charge in [0.25, 0.3) is 0 Å². The minimum absolute atomic E-state index is 0.00153. The van der Waals surface area contributed by atoms with Gasteiger partial charge in [0.2, 0.25) is 0 Å². The van der Waals surface area contributed by atoms with Crippen LogP contribution in [-0.4, -0.2) is 17.5 Å². The molecule has 1 aromatic heterocycles. The Morgan fingerprint density at radius 2 is 1.89 bits per heavy atom. The molecule has 2 atom stereocenters. The molecule has 0 saturated heterocycles. The van der Waals surface area contributed by atoms with Gasteiger partial charge in [-0.25, -0.2) is 4.79 Å². The maximum Gasteiger partial charge on any atom is 0.336 e. The molecule has 0 fully saturated rings. The van der Waals surface area contributed by atoms with E-state index in [4.69, 9.17) is 13.9 Å². The number of ketones is 1. The summed E-state index contributed by atoms with van der Waals surface area (Å²) < 4.78 is 18.0. The third-order valence-corrected chi connectivity index (χ3v) is 5.42. The zero-order chi connectivity index (χ0) is 19.5. The first kappa shape index (κ1) is 17.8. The van der Waals surface area contributed by atoms with Crippen molar-refractivity contribution in [2.24, 2.45) is 5.92 Å². The Kier molecular flexibility index (Phi) is 3.95. The summed E-state index contributed by atoms with van der Waals surface area (Å²) in [5.41, 5.74) is 1.40. The molecule has 0 aliphatic carbocycles. The van der Waals surface area contributed by atoms with Crippen LogP contribution in [0.4, 0.5) is 0 Å². The lowest BCUT2D eigenvalue weighted by Gasteiger charge is -2.35. The average molecular weight is 368 g/mol. The SMILES string of the molecule is CCCc1cc(=O)oc2c3c(c4c(c12)O[C@@H](C)[C@H](C)C4=O)OC(C)(C)C=C3. The van der Waals surface area contributed by atoms with E-state index in [9.17, 15) is 9.59 Å². The summed E-state index contributed by atoms with van der Waals surface area (Å²) >= 11 is 0. The highest BCUT2D eigenvalue weighted by Gasteiger charge is 2.40. The van der Waals surface area contributed by atoms with E-state index < -0.39 is 11.2 Å². The lowest BCUT2D eigenvalue weighted by Crippen LogP contribution is -2.36. The van der Waals surface area contributed by atoms with Gasteiger partial charge in [-0.15, -0.1) is 0 Å². The number of hydrogen-bond acceptors (Lipinski definition) is 5. The van der Waals surface area contributed by atoms with Gasteiger partial charge in [0.1, 0.15) is 28.8 Å². The molecule has 5 nitrogen and oxygen atoms in total. The van der Waals surface area contributed by atoms with Crippen molar-refractivity contribution in [1.82, 2.24) is 0 Å². The van der Waals surface area contributed by atoms with Crippen LogP contribution in [0.2, 0.25) is 0 Å². The maximum atomic E-state index is 13.2. The molecule has 2 aromatic rings. The van der Waals surface area contributed by atoms with Gasteiger partial charge in [0.15, 0.2) is 11.4 Å². The highest BCUT2D eigenvalue weighted by atomic mass is 16.5. The number of rotatable bonds is 2. The number of Topliss-reactive ketones (excluding diaryl/α,β-unsaturated/α-hetero) is 1. The molecule has 142 valence electrons. The fourth-order valence-corrected chi connectivity index (χ4v) is 3.82. The third kappa shape index (κ3) is 2.68. The highest BCUT2D eigenvalue weighted by Crippen LogP contribution is 2.49. The van der Waals surface area contributed by atoms with Crippen molar-refractivity contribution in [3.05, 3.63) is 39.3 Å². The molecular weight excluding hydrogens is 344 g/mol. The van der Waals surface area contributed by atoms with Gasteiger partial charge in [-0.1, -0.05) is 20.3 Å². The van der Waals surface area contributed by atoms with Crippen molar-refractivity contribution in [2.75, 3.05) is 0 Å². The average Bonchev–Trinajstić information content (AvgIpc) is 2.58. The second-order valence-corrected chi connectivity index (χ2v) is 8.01. The molecular formula is C22H24O5. The van der Waals surface area contributed by atoms with E-state index in [-0.39, 0.29) is 17.8 Å². The molecule has 2 aliphatic rings. The largest absolute Gasteiger partial charge is 0.488 e. The van der Waals surface area contributed by atoms with Gasteiger partial charge >= 0.3 is 5.63 Å². The Labute approximate surface area is 158 Å². The summed E-state index contributed by atoms with van der Waals surface area (Å²) in [6.07, 6.45) is 5.10. The fraction of sp³-hybridized carbons (Fsp3) is 0.455. The van der Waals surface area contributed by atoms with Crippen LogP contribution in [0.15, 0.2) is 21.4 Å². The van der Waals surface area contributed by atoms with E-state index in [1.807, 2.05) is 46.8 Å². The Balaban J connectivity index is 2.18. The molecule has 5 heteroatoms. The van der Waals surface area contributed by atoms with Crippen LogP contribution in [0, 0.1) is 5.92 Å². The second-order valence-electron chi connectivity index (χ2n) is 8.01. The smallest absolute Gasteiger partial charge is 0.336 e. The first-order valence-corrected chi connectivity index (χ1v) is 9.49. The molecule has 1 aromatic carbocycles. The summed E-state index contributed by atoms with van der Waals surface area (Å²) in [5.74, 6) is 0.659. The highest BCUT2D eigenvalue weighted by molar-refractivity contribution is 6.12. The van der Waals surface area contributed by atoms with Crippen molar-refractivity contribution >= 4 is 22.8 Å². The van der Waals surface area contributed by atoms with Gasteiger partial charge in [0.05, 0.1) is 16.9 Å². The molecule has 2 aliphatic heterocycles. The van der Waals surface area contributed by atoms with Crippen LogP contribution in [0.5, 0.6) is 11.5 Å². The van der Waals surface area contributed by atoms with Crippen molar-refractivity contribution in [3.8, 4) is 11.5 Å². The number of carbonyl (C=O) groups excluding carboxylic acids is 1. The van der Waals surface area contributed by atoms with Gasteiger partial charge in [0, 0.05) is 6.07 Å². The Morgan fingerprint density at radius 1 is 1.15 bits per heavy atom. The van der Waals surface area contributed by atoms with E-state index in [1.54, 1.807) is 0 Å². The number of benzene rings is 1. The molecule has 0 bridgehead atoms. The zero-order valence-corrected chi connectivity index (χ0v) is 16.3. The van der Waals surface area contributed by atoms with Crippen molar-refractivity contribution in [1.29, 1.82) is 0 Å². The van der Waals surface area contributed by atoms with Crippen LogP contribution >= 0.6 is 0 Å². The molecule has 0 saturated carbocycles. The van der Waals surface area contributed by atoms with E-state index >= 15 is 0 Å². The van der Waals surface area contributed by atoms with E-state index in [1.165, 1.54) is 6.07 Å². The molecule has 0 N–H and O–H groups in total. The van der Waals surface area contributed by atoms with Gasteiger partial charge in [-0.3, -0.25) is 4.79 Å². The van der Waals surface area contributed by atoms with Crippen LogP contribution < -0.4 is 15.1 Å². The second kappa shape index (κ2) is 5.98. The summed E-state index contributed by atoms with van der Waals surface area (Å²) in [6, 6.07) is 1.51. The van der Waals surface area contributed by atoms with Crippen molar-refractivity contribution in [2.45, 2.75) is 59.2 Å². The Hall–Kier alpha value is -2.56. The zero-order valence-electron chi connectivity index (χ0n) is 16.3. The molecule has 0 unspecified atom stereocenters. The van der Waals surface area contributed by atoms with Gasteiger partial charge in [-0.05, 0) is 44.9 Å². The molecule has 0 spiro atoms. The lowest BCUT2D eigenvalue weighted by atomic mass is 9.85. The predicted octanol–water partition coefficient (Wildman–Crippen LogP) is 4.53. The first-order chi connectivity index (χ1) is 12.7. The quantitative estimate of drug-likeness (QED) is 0.729. The predicted molar refractivity (Wildman–Crippen MR) is 104 cm³/mol. The van der Waals surface area contributed by atoms with E-state index in [0.717, 1.165) is 12.0 Å². The molecule has 3 heterocycles. The van der Waals surface area contributed by atoms with Gasteiger partial charge in [-0.2, -0.15) is 0 Å². The summed E-state index contributed by atoms with van der Waals surface area (Å²) in [5, 5.41) is 0.713. The number of fused-ring (bicyclic) bond motifs is 6. The number of carbonyl (C=O) groups is 1. The van der Waals surface area contributed by atoms with E-state index in [0.29, 0.717) is 40.0 Å². The molecule has 27 heavy (non-hydrogen) atoms. The minimum atomic E-state index is -0.567. The third-order valence-electron chi connectivity index (χ3n) is 5.42. The van der Waals surface area contributed by atoms with Gasteiger partial charge < -0.3 is 13.9 Å². The van der Waals surface area contributed by atoms with Crippen LogP contribution in [0.3, 0.4) is 0 Å². The maximum absolute atomic E-state index is 13.2. The molecule has 0 radical (unpaired) electrons. The Morgan fingerprint density at radius 3 is 2.59 bits per heavy atom. The van der Waals surface area contributed by atoms with Crippen LogP contribution in [0.1, 0.15) is 62.5 Å². The topological polar surface area (TPSA) is 65.7 Å². The van der Waals surface area contributed by atoms with Crippen LogP contribution in [0.25, 0.3) is 17.0 Å².